The van der Waals surface area contributed by atoms with E-state index < -0.39 is 0 Å². The summed E-state index contributed by atoms with van der Waals surface area (Å²) in [5.41, 5.74) is 7.37. The fourth-order valence-electron chi connectivity index (χ4n) is 1.75. The number of carbonyl (C=O) groups is 1. The average molecular weight is 211 g/mol. The van der Waals surface area contributed by atoms with Crippen molar-refractivity contribution in [1.29, 1.82) is 0 Å². The van der Waals surface area contributed by atoms with Crippen LogP contribution in [-0.2, 0) is 4.79 Å². The van der Waals surface area contributed by atoms with Gasteiger partial charge >= 0.3 is 0 Å². The van der Waals surface area contributed by atoms with Crippen LogP contribution in [0.4, 0.5) is 5.69 Å². The number of nitrogens with two attached hydrogens (primary N) is 1. The van der Waals surface area contributed by atoms with Gasteiger partial charge in [-0.3, -0.25) is 4.79 Å². The Bertz CT molecular complexity index is 378. The Hall–Kier alpha value is -1.06. The van der Waals surface area contributed by atoms with Gasteiger partial charge in [-0.25, -0.2) is 0 Å². The SMILES string of the molecule is NCC1CC(=O)Nc2c(Cl)cccc21. The van der Waals surface area contributed by atoms with Crippen LogP contribution in [0.2, 0.25) is 5.02 Å². The Morgan fingerprint density at radius 3 is 3.07 bits per heavy atom. The van der Waals surface area contributed by atoms with Crippen molar-refractivity contribution in [2.45, 2.75) is 12.3 Å². The average Bonchev–Trinajstić information content (AvgIpc) is 2.18. The lowest BCUT2D eigenvalue weighted by atomic mass is 9.91. The molecule has 3 N–H and O–H groups in total. The van der Waals surface area contributed by atoms with Gasteiger partial charge in [-0.2, -0.15) is 0 Å². The Morgan fingerprint density at radius 2 is 2.36 bits per heavy atom. The minimum absolute atomic E-state index is 0.0129. The summed E-state index contributed by atoms with van der Waals surface area (Å²) in [5.74, 6) is 0.0819. The van der Waals surface area contributed by atoms with Crippen molar-refractivity contribution in [3.8, 4) is 0 Å². The largest absolute Gasteiger partial charge is 0.330 e. The predicted molar refractivity (Wildman–Crippen MR) is 56.5 cm³/mol. The first-order chi connectivity index (χ1) is 6.72. The molecule has 14 heavy (non-hydrogen) atoms. The summed E-state index contributed by atoms with van der Waals surface area (Å²) in [6.45, 7) is 0.473. The summed E-state index contributed by atoms with van der Waals surface area (Å²) in [7, 11) is 0. The fourth-order valence-corrected chi connectivity index (χ4v) is 1.98. The molecule has 1 amide bonds. The number of carbonyl (C=O) groups excluding carboxylic acids is 1. The number of hydrogen-bond donors (Lipinski definition) is 2. The topological polar surface area (TPSA) is 55.1 Å². The van der Waals surface area contributed by atoms with Crippen LogP contribution in [0.5, 0.6) is 0 Å². The molecular formula is C10H11ClN2O. The number of halogens is 1. The third-order valence-electron chi connectivity index (χ3n) is 2.47. The standard InChI is InChI=1S/C10H11ClN2O/c11-8-3-1-2-7-6(5-12)4-9(14)13-10(7)8/h1-3,6H,4-5,12H2,(H,13,14). The number of amides is 1. The molecule has 1 atom stereocenters. The summed E-state index contributed by atoms with van der Waals surface area (Å²) in [4.78, 5) is 11.3. The minimum atomic E-state index is -0.0129. The Morgan fingerprint density at radius 1 is 1.57 bits per heavy atom. The van der Waals surface area contributed by atoms with Crippen LogP contribution in [0.15, 0.2) is 18.2 Å². The maximum atomic E-state index is 11.3. The molecule has 74 valence electrons. The fraction of sp³-hybridized carbons (Fsp3) is 0.300. The van der Waals surface area contributed by atoms with Gasteiger partial charge in [-0.05, 0) is 18.2 Å². The molecule has 2 rings (SSSR count). The molecule has 3 nitrogen and oxygen atoms in total. The van der Waals surface area contributed by atoms with Gasteiger partial charge in [-0.15, -0.1) is 0 Å². The molecule has 0 saturated carbocycles. The highest BCUT2D eigenvalue weighted by Gasteiger charge is 2.25. The highest BCUT2D eigenvalue weighted by molar-refractivity contribution is 6.34. The first kappa shape index (κ1) is 9.49. The number of anilines is 1. The molecule has 1 unspecified atom stereocenters. The predicted octanol–water partition coefficient (Wildman–Crippen LogP) is 1.72. The second kappa shape index (κ2) is 3.59. The summed E-state index contributed by atoms with van der Waals surface area (Å²) in [6.07, 6.45) is 0.448. The van der Waals surface area contributed by atoms with Gasteiger partial charge in [0.1, 0.15) is 0 Å². The quantitative estimate of drug-likeness (QED) is 0.742. The molecule has 0 saturated heterocycles. The molecule has 1 aromatic rings. The molecule has 0 aromatic heterocycles. The van der Waals surface area contributed by atoms with Crippen molar-refractivity contribution in [3.05, 3.63) is 28.8 Å². The van der Waals surface area contributed by atoms with Crippen LogP contribution >= 0.6 is 11.6 Å². The number of fused-ring (bicyclic) bond motifs is 1. The normalized spacial score (nSPS) is 20.1. The van der Waals surface area contributed by atoms with Crippen LogP contribution in [0.1, 0.15) is 17.9 Å². The van der Waals surface area contributed by atoms with E-state index in [1.807, 2.05) is 12.1 Å². The van der Waals surface area contributed by atoms with Crippen LogP contribution in [0, 0.1) is 0 Å². The molecule has 4 heteroatoms. The van der Waals surface area contributed by atoms with E-state index in [1.165, 1.54) is 0 Å². The molecule has 0 radical (unpaired) electrons. The summed E-state index contributed by atoms with van der Waals surface area (Å²) < 4.78 is 0. The number of rotatable bonds is 1. The smallest absolute Gasteiger partial charge is 0.225 e. The highest BCUT2D eigenvalue weighted by Crippen LogP contribution is 2.36. The van der Waals surface area contributed by atoms with Crippen molar-refractivity contribution in [2.75, 3.05) is 11.9 Å². The number of hydrogen-bond acceptors (Lipinski definition) is 2. The zero-order valence-electron chi connectivity index (χ0n) is 7.59. The molecule has 1 aliphatic rings. The van der Waals surface area contributed by atoms with E-state index in [0.717, 1.165) is 11.3 Å². The van der Waals surface area contributed by atoms with Gasteiger partial charge in [0.05, 0.1) is 10.7 Å². The van der Waals surface area contributed by atoms with Crippen molar-refractivity contribution >= 4 is 23.2 Å². The number of benzene rings is 1. The third kappa shape index (κ3) is 1.49. The summed E-state index contributed by atoms with van der Waals surface area (Å²) in [5, 5.41) is 3.34. The number of para-hydroxylation sites is 1. The van der Waals surface area contributed by atoms with E-state index in [9.17, 15) is 4.79 Å². The van der Waals surface area contributed by atoms with Crippen molar-refractivity contribution in [1.82, 2.24) is 0 Å². The monoisotopic (exact) mass is 210 g/mol. The van der Waals surface area contributed by atoms with E-state index in [0.29, 0.717) is 18.0 Å². The molecule has 1 aromatic carbocycles. The highest BCUT2D eigenvalue weighted by atomic mass is 35.5. The molecule has 1 heterocycles. The Labute approximate surface area is 87.2 Å². The second-order valence-corrected chi connectivity index (χ2v) is 3.80. The van der Waals surface area contributed by atoms with E-state index in [4.69, 9.17) is 17.3 Å². The van der Waals surface area contributed by atoms with Gasteiger partial charge in [-0.1, -0.05) is 23.7 Å². The minimum Gasteiger partial charge on any atom is -0.330 e. The maximum absolute atomic E-state index is 11.3. The van der Waals surface area contributed by atoms with Crippen LogP contribution in [-0.4, -0.2) is 12.5 Å². The Kier molecular flexibility index (Phi) is 2.44. The lowest BCUT2D eigenvalue weighted by molar-refractivity contribution is -0.116. The molecule has 0 bridgehead atoms. The lowest BCUT2D eigenvalue weighted by Crippen LogP contribution is -2.27. The first-order valence-corrected chi connectivity index (χ1v) is 4.88. The van der Waals surface area contributed by atoms with Gasteiger partial charge in [0.25, 0.3) is 0 Å². The zero-order valence-corrected chi connectivity index (χ0v) is 8.34. The number of nitrogens with one attached hydrogen (secondary N) is 1. The molecule has 0 spiro atoms. The maximum Gasteiger partial charge on any atom is 0.225 e. The van der Waals surface area contributed by atoms with Gasteiger partial charge in [0.15, 0.2) is 0 Å². The molecule has 1 aliphatic heterocycles. The van der Waals surface area contributed by atoms with Crippen molar-refractivity contribution in [2.24, 2.45) is 5.73 Å². The first-order valence-electron chi connectivity index (χ1n) is 4.50. The van der Waals surface area contributed by atoms with Gasteiger partial charge < -0.3 is 11.1 Å². The van der Waals surface area contributed by atoms with E-state index in [-0.39, 0.29) is 11.8 Å². The molecule has 0 aliphatic carbocycles. The van der Waals surface area contributed by atoms with E-state index in [1.54, 1.807) is 6.07 Å². The van der Waals surface area contributed by atoms with Crippen LogP contribution in [0.25, 0.3) is 0 Å². The van der Waals surface area contributed by atoms with Crippen LogP contribution < -0.4 is 11.1 Å². The van der Waals surface area contributed by atoms with Gasteiger partial charge in [0, 0.05) is 12.3 Å². The van der Waals surface area contributed by atoms with Crippen molar-refractivity contribution in [3.63, 3.8) is 0 Å². The zero-order chi connectivity index (χ0) is 10.1. The molecular weight excluding hydrogens is 200 g/mol. The summed E-state index contributed by atoms with van der Waals surface area (Å²) in [6, 6.07) is 5.60. The van der Waals surface area contributed by atoms with E-state index in [2.05, 4.69) is 5.32 Å². The van der Waals surface area contributed by atoms with Crippen molar-refractivity contribution < 1.29 is 4.79 Å². The summed E-state index contributed by atoms with van der Waals surface area (Å²) >= 11 is 5.97. The van der Waals surface area contributed by atoms with E-state index >= 15 is 0 Å². The lowest BCUT2D eigenvalue weighted by Gasteiger charge is -2.25. The third-order valence-corrected chi connectivity index (χ3v) is 2.78. The second-order valence-electron chi connectivity index (χ2n) is 3.39. The Balaban J connectivity index is 2.50. The van der Waals surface area contributed by atoms with Crippen LogP contribution in [0.3, 0.4) is 0 Å². The molecule has 0 fully saturated rings. The van der Waals surface area contributed by atoms with Gasteiger partial charge in [0.2, 0.25) is 5.91 Å².